The number of ether oxygens (including phenoxy) is 1. The van der Waals surface area contributed by atoms with Crippen molar-refractivity contribution in [2.75, 3.05) is 50.8 Å². The van der Waals surface area contributed by atoms with Gasteiger partial charge in [0.15, 0.2) is 0 Å². The number of nitrogens with zero attached hydrogens (tertiary/aromatic N) is 4. The van der Waals surface area contributed by atoms with Crippen LogP contribution in [0.4, 0.5) is 10.2 Å². The third-order valence-corrected chi connectivity index (χ3v) is 5.23. The molecule has 6 nitrogen and oxygen atoms in total. The quantitative estimate of drug-likeness (QED) is 0.731. The largest absolute Gasteiger partial charge is 0.389 e. The number of hydrogen-bond acceptors (Lipinski definition) is 6. The number of benzene rings is 1. The average molecular weight is 403 g/mol. The van der Waals surface area contributed by atoms with Gasteiger partial charge < -0.3 is 14.7 Å². The van der Waals surface area contributed by atoms with Crippen molar-refractivity contribution in [2.45, 2.75) is 33.3 Å². The molecule has 1 aromatic carbocycles. The Morgan fingerprint density at radius 3 is 2.62 bits per heavy atom. The molecule has 0 saturated carbocycles. The van der Waals surface area contributed by atoms with Crippen LogP contribution in [0, 0.1) is 19.7 Å². The first kappa shape index (κ1) is 21.6. The van der Waals surface area contributed by atoms with Crippen LogP contribution in [0.2, 0.25) is 0 Å². The van der Waals surface area contributed by atoms with Gasteiger partial charge in [0.1, 0.15) is 17.5 Å². The van der Waals surface area contributed by atoms with Crippen molar-refractivity contribution in [2.24, 2.45) is 0 Å². The van der Waals surface area contributed by atoms with Crippen molar-refractivity contribution < 1.29 is 14.2 Å². The molecule has 1 atom stereocenters. The van der Waals surface area contributed by atoms with Gasteiger partial charge in [-0.1, -0.05) is 12.1 Å². The Morgan fingerprint density at radius 1 is 1.17 bits per heavy atom. The Morgan fingerprint density at radius 2 is 1.93 bits per heavy atom. The molecule has 1 saturated heterocycles. The van der Waals surface area contributed by atoms with Gasteiger partial charge in [-0.05, 0) is 38.5 Å². The minimum Gasteiger partial charge on any atom is -0.389 e. The van der Waals surface area contributed by atoms with E-state index in [0.717, 1.165) is 54.6 Å². The molecular formula is C22H31FN4O2. The van der Waals surface area contributed by atoms with E-state index < -0.39 is 6.10 Å². The van der Waals surface area contributed by atoms with Gasteiger partial charge in [0, 0.05) is 57.0 Å². The molecule has 1 N–H and O–H groups in total. The molecule has 0 spiro atoms. The molecule has 29 heavy (non-hydrogen) atoms. The molecule has 1 aromatic heterocycles. The first-order valence-corrected chi connectivity index (χ1v) is 10.3. The van der Waals surface area contributed by atoms with Crippen LogP contribution in [0.5, 0.6) is 0 Å². The summed E-state index contributed by atoms with van der Waals surface area (Å²) >= 11 is 0. The van der Waals surface area contributed by atoms with Crippen molar-refractivity contribution in [3.8, 4) is 0 Å². The predicted molar refractivity (Wildman–Crippen MR) is 112 cm³/mol. The predicted octanol–water partition coefficient (Wildman–Crippen LogP) is 2.34. The lowest BCUT2D eigenvalue weighted by Crippen LogP contribution is -2.49. The highest BCUT2D eigenvalue weighted by atomic mass is 19.1. The number of aryl methyl sites for hydroxylation is 2. The van der Waals surface area contributed by atoms with Crippen LogP contribution in [0.3, 0.4) is 0 Å². The fraction of sp³-hybridized carbons (Fsp3) is 0.545. The number of hydrogen-bond donors (Lipinski definition) is 1. The van der Waals surface area contributed by atoms with E-state index in [1.54, 1.807) is 12.1 Å². The molecule has 2 aromatic rings. The maximum absolute atomic E-state index is 13.6. The summed E-state index contributed by atoms with van der Waals surface area (Å²) in [6.07, 6.45) is 0.139. The molecule has 7 heteroatoms. The lowest BCUT2D eigenvalue weighted by molar-refractivity contribution is 0.0202. The molecule has 1 aliphatic heterocycles. The minimum atomic E-state index is -0.464. The topological polar surface area (TPSA) is 61.7 Å². The van der Waals surface area contributed by atoms with E-state index in [0.29, 0.717) is 26.2 Å². The van der Waals surface area contributed by atoms with Crippen molar-refractivity contribution >= 4 is 5.82 Å². The van der Waals surface area contributed by atoms with Crippen LogP contribution in [0.25, 0.3) is 0 Å². The van der Waals surface area contributed by atoms with E-state index in [2.05, 4.69) is 14.8 Å². The van der Waals surface area contributed by atoms with Gasteiger partial charge in [-0.25, -0.2) is 14.4 Å². The number of β-amino-alcohol motifs (C(OH)–C–C–N with tert-alkyl or cyclic N) is 1. The number of aromatic nitrogens is 2. The second kappa shape index (κ2) is 10.1. The lowest BCUT2D eigenvalue weighted by atomic mass is 10.0. The monoisotopic (exact) mass is 402 g/mol. The van der Waals surface area contributed by atoms with Gasteiger partial charge in [-0.15, -0.1) is 0 Å². The summed E-state index contributed by atoms with van der Waals surface area (Å²) in [5.41, 5.74) is 2.90. The van der Waals surface area contributed by atoms with Crippen LogP contribution in [0.1, 0.15) is 29.6 Å². The van der Waals surface area contributed by atoms with Crippen LogP contribution in [0.15, 0.2) is 24.3 Å². The van der Waals surface area contributed by atoms with Crippen LogP contribution >= 0.6 is 0 Å². The van der Waals surface area contributed by atoms with Gasteiger partial charge in [0.25, 0.3) is 0 Å². The molecule has 0 amide bonds. The van der Waals surface area contributed by atoms with E-state index in [9.17, 15) is 9.50 Å². The van der Waals surface area contributed by atoms with Crippen molar-refractivity contribution in [3.63, 3.8) is 0 Å². The Hall–Kier alpha value is -2.09. The molecular weight excluding hydrogens is 371 g/mol. The van der Waals surface area contributed by atoms with Crippen LogP contribution in [-0.4, -0.2) is 72.0 Å². The third-order valence-electron chi connectivity index (χ3n) is 5.23. The summed E-state index contributed by atoms with van der Waals surface area (Å²) in [6.45, 7) is 10.8. The van der Waals surface area contributed by atoms with E-state index in [4.69, 9.17) is 9.72 Å². The van der Waals surface area contributed by atoms with E-state index >= 15 is 0 Å². The SMILES string of the molecule is CCOC[C@@H](O)CN1CCN(c2nc(C)nc(C)c2Cc2cccc(F)c2)CC1. The highest BCUT2D eigenvalue weighted by Crippen LogP contribution is 2.25. The zero-order valence-electron chi connectivity index (χ0n) is 17.6. The van der Waals surface area contributed by atoms with Crippen molar-refractivity contribution in [1.82, 2.24) is 14.9 Å². The second-order valence-electron chi connectivity index (χ2n) is 7.57. The molecule has 0 unspecified atom stereocenters. The highest BCUT2D eigenvalue weighted by molar-refractivity contribution is 5.51. The number of anilines is 1. The molecule has 0 bridgehead atoms. The standard InChI is InChI=1S/C22H31FN4O2/c1-4-29-15-20(28)14-26-8-10-27(11-9-26)22-21(16(2)24-17(3)25-22)13-18-6-5-7-19(23)12-18/h5-7,12,20,28H,4,8-11,13-15H2,1-3H3/t20-/m0/s1. The Bertz CT molecular complexity index is 809. The number of aliphatic hydroxyl groups excluding tert-OH is 1. The van der Waals surface area contributed by atoms with Crippen molar-refractivity contribution in [1.29, 1.82) is 0 Å². The summed E-state index contributed by atoms with van der Waals surface area (Å²) in [5, 5.41) is 10.1. The molecule has 1 fully saturated rings. The van der Waals surface area contributed by atoms with E-state index in [1.807, 2.05) is 26.8 Å². The van der Waals surface area contributed by atoms with Crippen LogP contribution in [-0.2, 0) is 11.2 Å². The first-order chi connectivity index (χ1) is 14.0. The second-order valence-corrected chi connectivity index (χ2v) is 7.57. The lowest BCUT2D eigenvalue weighted by Gasteiger charge is -2.37. The number of piperazine rings is 1. The summed E-state index contributed by atoms with van der Waals surface area (Å²) in [7, 11) is 0. The Balaban J connectivity index is 1.70. The van der Waals surface area contributed by atoms with Gasteiger partial charge in [0.05, 0.1) is 12.7 Å². The Labute approximate surface area is 172 Å². The normalized spacial score (nSPS) is 16.2. The number of aliphatic hydroxyl groups is 1. The molecule has 3 rings (SSSR count). The minimum absolute atomic E-state index is 0.228. The zero-order chi connectivity index (χ0) is 20.8. The molecule has 2 heterocycles. The first-order valence-electron chi connectivity index (χ1n) is 10.3. The van der Waals surface area contributed by atoms with Gasteiger partial charge in [-0.3, -0.25) is 4.90 Å². The number of halogens is 1. The highest BCUT2D eigenvalue weighted by Gasteiger charge is 2.23. The summed E-state index contributed by atoms with van der Waals surface area (Å²) in [6, 6.07) is 6.70. The Kier molecular flexibility index (Phi) is 7.52. The number of rotatable bonds is 8. The molecule has 1 aliphatic rings. The summed E-state index contributed by atoms with van der Waals surface area (Å²) in [5.74, 6) is 1.46. The smallest absolute Gasteiger partial charge is 0.136 e. The molecule has 0 radical (unpaired) electrons. The summed E-state index contributed by atoms with van der Waals surface area (Å²) in [4.78, 5) is 13.8. The van der Waals surface area contributed by atoms with Gasteiger partial charge in [-0.2, -0.15) is 0 Å². The fourth-order valence-electron chi connectivity index (χ4n) is 3.78. The molecule has 158 valence electrons. The third kappa shape index (κ3) is 5.95. The average Bonchev–Trinajstić information content (AvgIpc) is 2.69. The van der Waals surface area contributed by atoms with E-state index in [1.165, 1.54) is 6.07 Å². The zero-order valence-corrected chi connectivity index (χ0v) is 17.6. The maximum Gasteiger partial charge on any atom is 0.136 e. The van der Waals surface area contributed by atoms with Crippen LogP contribution < -0.4 is 4.90 Å². The van der Waals surface area contributed by atoms with Crippen molar-refractivity contribution in [3.05, 3.63) is 52.7 Å². The maximum atomic E-state index is 13.6. The fourth-order valence-corrected chi connectivity index (χ4v) is 3.78. The molecule has 0 aliphatic carbocycles. The summed E-state index contributed by atoms with van der Waals surface area (Å²) < 4.78 is 18.9. The van der Waals surface area contributed by atoms with E-state index in [-0.39, 0.29) is 5.82 Å². The van der Waals surface area contributed by atoms with Gasteiger partial charge >= 0.3 is 0 Å². The van der Waals surface area contributed by atoms with Gasteiger partial charge in [0.2, 0.25) is 0 Å².